The summed E-state index contributed by atoms with van der Waals surface area (Å²) in [4.78, 5) is 4.39. The molecule has 0 bridgehead atoms. The van der Waals surface area contributed by atoms with E-state index in [1.807, 2.05) is 17.5 Å². The quantitative estimate of drug-likeness (QED) is 0.800. The monoisotopic (exact) mass is 260 g/mol. The summed E-state index contributed by atoms with van der Waals surface area (Å²) in [7, 11) is 0. The Morgan fingerprint density at radius 1 is 1.26 bits per heavy atom. The highest BCUT2D eigenvalue weighted by molar-refractivity contribution is 5.62. The number of anilines is 1. The smallest absolute Gasteiger partial charge is 0.203 e. The van der Waals surface area contributed by atoms with Gasteiger partial charge in [-0.25, -0.2) is 4.98 Å². The van der Waals surface area contributed by atoms with Gasteiger partial charge in [0, 0.05) is 24.5 Å². The van der Waals surface area contributed by atoms with Gasteiger partial charge >= 0.3 is 0 Å². The molecular formula is C13H20N6. The molecule has 1 fully saturated rings. The third-order valence-electron chi connectivity index (χ3n) is 3.89. The molecule has 0 spiro atoms. The summed E-state index contributed by atoms with van der Waals surface area (Å²) in [6.07, 6.45) is 9.54. The molecule has 0 radical (unpaired) electrons. The van der Waals surface area contributed by atoms with E-state index in [-0.39, 0.29) is 12.1 Å². The number of aromatic nitrogens is 4. The lowest BCUT2D eigenvalue weighted by Crippen LogP contribution is -2.39. The standard InChI is InChI=1S/C13H20N6/c1-9-17-18-13-12(15-7-8-19(9)13)16-11-6-4-2-3-5-10(11)14/h7-8,10-11H,2-6,14H2,1H3,(H,15,16). The number of nitrogens with zero attached hydrogens (tertiary/aromatic N) is 4. The van der Waals surface area contributed by atoms with Gasteiger partial charge in [-0.2, -0.15) is 0 Å². The molecule has 2 unspecified atom stereocenters. The van der Waals surface area contributed by atoms with Crippen molar-refractivity contribution in [3.63, 3.8) is 0 Å². The number of nitrogens with one attached hydrogen (secondary N) is 1. The van der Waals surface area contributed by atoms with Crippen LogP contribution in [0.3, 0.4) is 0 Å². The molecular weight excluding hydrogens is 240 g/mol. The summed E-state index contributed by atoms with van der Waals surface area (Å²) >= 11 is 0. The zero-order chi connectivity index (χ0) is 13.2. The lowest BCUT2D eigenvalue weighted by molar-refractivity contribution is 0.527. The Labute approximate surface area is 112 Å². The molecule has 102 valence electrons. The number of aryl methyl sites for hydroxylation is 1. The third kappa shape index (κ3) is 2.40. The van der Waals surface area contributed by atoms with Gasteiger partial charge in [0.25, 0.3) is 0 Å². The highest BCUT2D eigenvalue weighted by atomic mass is 15.3. The first-order valence-corrected chi connectivity index (χ1v) is 6.94. The van der Waals surface area contributed by atoms with Gasteiger partial charge in [0.15, 0.2) is 5.82 Å². The van der Waals surface area contributed by atoms with Crippen LogP contribution >= 0.6 is 0 Å². The zero-order valence-electron chi connectivity index (χ0n) is 11.2. The number of hydrogen-bond donors (Lipinski definition) is 2. The summed E-state index contributed by atoms with van der Waals surface area (Å²) in [6.45, 7) is 1.93. The molecule has 1 saturated carbocycles. The van der Waals surface area contributed by atoms with Crippen molar-refractivity contribution in [1.29, 1.82) is 0 Å². The number of fused-ring (bicyclic) bond motifs is 1. The van der Waals surface area contributed by atoms with Crippen molar-refractivity contribution in [3.05, 3.63) is 18.2 Å². The van der Waals surface area contributed by atoms with Crippen molar-refractivity contribution >= 4 is 11.5 Å². The second kappa shape index (κ2) is 5.13. The normalized spacial score (nSPS) is 24.3. The molecule has 1 aliphatic carbocycles. The molecule has 0 saturated heterocycles. The molecule has 2 aromatic rings. The topological polar surface area (TPSA) is 81.1 Å². The highest BCUT2D eigenvalue weighted by Gasteiger charge is 2.21. The molecule has 2 atom stereocenters. The second-order valence-corrected chi connectivity index (χ2v) is 5.27. The van der Waals surface area contributed by atoms with Crippen molar-refractivity contribution in [3.8, 4) is 0 Å². The molecule has 3 N–H and O–H groups in total. The Morgan fingerprint density at radius 2 is 2.11 bits per heavy atom. The molecule has 2 heterocycles. The van der Waals surface area contributed by atoms with Gasteiger partial charge in [0.05, 0.1) is 0 Å². The van der Waals surface area contributed by atoms with Crippen LogP contribution in [-0.2, 0) is 0 Å². The lowest BCUT2D eigenvalue weighted by atomic mass is 10.0. The molecule has 1 aliphatic rings. The van der Waals surface area contributed by atoms with Crippen molar-refractivity contribution in [2.24, 2.45) is 5.73 Å². The van der Waals surface area contributed by atoms with Crippen LogP contribution in [0, 0.1) is 6.92 Å². The van der Waals surface area contributed by atoms with E-state index in [0.29, 0.717) is 0 Å². The summed E-state index contributed by atoms with van der Waals surface area (Å²) in [5, 5.41) is 11.7. The van der Waals surface area contributed by atoms with Crippen LogP contribution in [0.1, 0.15) is 37.9 Å². The Kier molecular flexibility index (Phi) is 3.33. The van der Waals surface area contributed by atoms with E-state index in [4.69, 9.17) is 5.73 Å². The fourth-order valence-corrected chi connectivity index (χ4v) is 2.73. The Bertz CT molecular complexity index is 563. The van der Waals surface area contributed by atoms with Crippen molar-refractivity contribution < 1.29 is 0 Å². The van der Waals surface area contributed by atoms with Gasteiger partial charge in [-0.15, -0.1) is 10.2 Å². The molecule has 0 amide bonds. The maximum Gasteiger partial charge on any atom is 0.203 e. The number of nitrogens with two attached hydrogens (primary N) is 1. The van der Waals surface area contributed by atoms with Crippen LogP contribution < -0.4 is 11.1 Å². The summed E-state index contributed by atoms with van der Waals surface area (Å²) in [5.74, 6) is 1.65. The van der Waals surface area contributed by atoms with Crippen LogP contribution in [0.25, 0.3) is 5.65 Å². The van der Waals surface area contributed by atoms with Crippen LogP contribution in [-0.4, -0.2) is 31.7 Å². The van der Waals surface area contributed by atoms with Gasteiger partial charge in [0.2, 0.25) is 5.65 Å². The third-order valence-corrected chi connectivity index (χ3v) is 3.89. The first-order chi connectivity index (χ1) is 9.25. The first kappa shape index (κ1) is 12.3. The Morgan fingerprint density at radius 3 is 3.00 bits per heavy atom. The Hall–Kier alpha value is -1.69. The molecule has 0 aromatic carbocycles. The van der Waals surface area contributed by atoms with Crippen molar-refractivity contribution in [2.75, 3.05) is 5.32 Å². The molecule has 2 aromatic heterocycles. The van der Waals surface area contributed by atoms with E-state index in [1.54, 1.807) is 6.20 Å². The largest absolute Gasteiger partial charge is 0.363 e. The fraction of sp³-hybridized carbons (Fsp3) is 0.615. The maximum absolute atomic E-state index is 6.24. The van der Waals surface area contributed by atoms with Crippen LogP contribution in [0.2, 0.25) is 0 Å². The fourth-order valence-electron chi connectivity index (χ4n) is 2.73. The predicted molar refractivity (Wildman–Crippen MR) is 74.0 cm³/mol. The SMILES string of the molecule is Cc1nnc2c(NC3CCCCCC3N)nccn12. The van der Waals surface area contributed by atoms with Crippen molar-refractivity contribution in [2.45, 2.75) is 51.1 Å². The van der Waals surface area contributed by atoms with E-state index in [0.717, 1.165) is 30.1 Å². The molecule has 19 heavy (non-hydrogen) atoms. The average Bonchev–Trinajstić information content (AvgIpc) is 2.67. The second-order valence-electron chi connectivity index (χ2n) is 5.27. The predicted octanol–water partition coefficient (Wildman–Crippen LogP) is 1.50. The summed E-state index contributed by atoms with van der Waals surface area (Å²) in [6, 6.07) is 0.465. The van der Waals surface area contributed by atoms with Crippen LogP contribution in [0.5, 0.6) is 0 Å². The van der Waals surface area contributed by atoms with Gasteiger partial charge in [-0.3, -0.25) is 4.40 Å². The van der Waals surface area contributed by atoms with Crippen molar-refractivity contribution in [1.82, 2.24) is 19.6 Å². The average molecular weight is 260 g/mol. The highest BCUT2D eigenvalue weighted by Crippen LogP contribution is 2.21. The van der Waals surface area contributed by atoms with Gasteiger partial charge in [0.1, 0.15) is 5.82 Å². The van der Waals surface area contributed by atoms with E-state index in [9.17, 15) is 0 Å². The molecule has 0 aliphatic heterocycles. The minimum atomic E-state index is 0.188. The van der Waals surface area contributed by atoms with Gasteiger partial charge in [-0.1, -0.05) is 19.3 Å². The Balaban J connectivity index is 1.88. The van der Waals surface area contributed by atoms with Crippen LogP contribution in [0.15, 0.2) is 12.4 Å². The lowest BCUT2D eigenvalue weighted by Gasteiger charge is -2.23. The maximum atomic E-state index is 6.24. The molecule has 6 heteroatoms. The van der Waals surface area contributed by atoms with E-state index in [1.165, 1.54) is 19.3 Å². The number of hydrogen-bond acceptors (Lipinski definition) is 5. The zero-order valence-corrected chi connectivity index (χ0v) is 11.2. The first-order valence-electron chi connectivity index (χ1n) is 6.94. The van der Waals surface area contributed by atoms with Gasteiger partial charge in [-0.05, 0) is 19.8 Å². The summed E-state index contributed by atoms with van der Waals surface area (Å²) < 4.78 is 1.94. The summed E-state index contributed by atoms with van der Waals surface area (Å²) in [5.41, 5.74) is 7.02. The van der Waals surface area contributed by atoms with E-state index in [2.05, 4.69) is 20.5 Å². The van der Waals surface area contributed by atoms with Gasteiger partial charge < -0.3 is 11.1 Å². The molecule has 3 rings (SSSR count). The minimum absolute atomic E-state index is 0.188. The van der Waals surface area contributed by atoms with Crippen LogP contribution in [0.4, 0.5) is 5.82 Å². The molecule has 6 nitrogen and oxygen atoms in total. The minimum Gasteiger partial charge on any atom is -0.363 e. The number of rotatable bonds is 2. The van der Waals surface area contributed by atoms with E-state index < -0.39 is 0 Å². The van der Waals surface area contributed by atoms with E-state index >= 15 is 0 Å².